The fraction of sp³-hybridized carbons (Fsp3) is 0.500. The summed E-state index contributed by atoms with van der Waals surface area (Å²) in [6.07, 6.45) is 3.31. The number of nitrogens with zero attached hydrogens (tertiary/aromatic N) is 3. The van der Waals surface area contributed by atoms with Crippen LogP contribution in [-0.4, -0.2) is 53.4 Å². The summed E-state index contributed by atoms with van der Waals surface area (Å²) in [6, 6.07) is 3.70. The van der Waals surface area contributed by atoms with E-state index in [-0.39, 0.29) is 5.91 Å². The van der Waals surface area contributed by atoms with Crippen molar-refractivity contribution in [2.24, 2.45) is 0 Å². The van der Waals surface area contributed by atoms with Gasteiger partial charge in [0.2, 0.25) is 0 Å². The molecule has 1 aromatic heterocycles. The molecule has 7 heteroatoms. The maximum Gasteiger partial charge on any atom is 0.265 e. The molecule has 0 bridgehead atoms. The van der Waals surface area contributed by atoms with E-state index < -0.39 is 11.6 Å². The Hall–Kier alpha value is -1.86. The molecule has 2 heterocycles. The Morgan fingerprint density at radius 3 is 2.74 bits per heavy atom. The summed E-state index contributed by atoms with van der Waals surface area (Å²) in [5, 5.41) is 0.536. The van der Waals surface area contributed by atoms with Crippen molar-refractivity contribution in [2.45, 2.75) is 33.1 Å². The number of rotatable bonds is 5. The molecule has 4 nitrogen and oxygen atoms in total. The lowest BCUT2D eigenvalue weighted by Gasteiger charge is -2.21. The van der Waals surface area contributed by atoms with E-state index in [0.717, 1.165) is 44.7 Å². The Balaban J connectivity index is 1.73. The lowest BCUT2D eigenvalue weighted by molar-refractivity contribution is 0.0765. The summed E-state index contributed by atoms with van der Waals surface area (Å²) in [5.41, 5.74) is 1.12. The molecule has 0 saturated carbocycles. The minimum Gasteiger partial charge on any atom is -0.337 e. The van der Waals surface area contributed by atoms with Crippen molar-refractivity contribution in [3.05, 3.63) is 40.4 Å². The number of amides is 1. The maximum atomic E-state index is 13.5. The highest BCUT2D eigenvalue weighted by molar-refractivity contribution is 7.17. The number of aromatic nitrogens is 1. The van der Waals surface area contributed by atoms with Gasteiger partial charge in [0.25, 0.3) is 5.91 Å². The summed E-state index contributed by atoms with van der Waals surface area (Å²) in [7, 11) is 0. The average molecular weight is 394 g/mol. The Morgan fingerprint density at radius 1 is 1.19 bits per heavy atom. The number of hydrogen-bond donors (Lipinski definition) is 0. The minimum atomic E-state index is -0.909. The van der Waals surface area contributed by atoms with E-state index in [0.29, 0.717) is 27.7 Å². The van der Waals surface area contributed by atoms with Gasteiger partial charge in [-0.25, -0.2) is 13.8 Å². The number of unbranched alkanes of at least 4 members (excludes halogenated alkanes) is 1. The van der Waals surface area contributed by atoms with Crippen molar-refractivity contribution >= 4 is 17.2 Å². The molecule has 0 unspecified atom stereocenters. The van der Waals surface area contributed by atoms with E-state index >= 15 is 0 Å². The molecule has 0 N–H and O–H groups in total. The normalized spacial score (nSPS) is 15.8. The number of carbonyl (C=O) groups is 1. The van der Waals surface area contributed by atoms with Gasteiger partial charge in [0.15, 0.2) is 11.6 Å². The third kappa shape index (κ3) is 4.71. The fourth-order valence-electron chi connectivity index (χ4n) is 3.27. The van der Waals surface area contributed by atoms with Gasteiger partial charge in [-0.15, -0.1) is 11.3 Å². The zero-order valence-electron chi connectivity index (χ0n) is 15.8. The predicted octanol–water partition coefficient (Wildman–Crippen LogP) is 4.34. The highest BCUT2D eigenvalue weighted by Crippen LogP contribution is 2.30. The molecule has 1 saturated heterocycles. The Morgan fingerprint density at radius 2 is 2.00 bits per heavy atom. The molecule has 27 heavy (non-hydrogen) atoms. The highest BCUT2D eigenvalue weighted by Gasteiger charge is 2.24. The van der Waals surface area contributed by atoms with Crippen LogP contribution >= 0.6 is 11.3 Å². The van der Waals surface area contributed by atoms with Crippen molar-refractivity contribution < 1.29 is 13.6 Å². The molecule has 2 aromatic rings. The predicted molar refractivity (Wildman–Crippen MR) is 104 cm³/mol. The molecule has 1 aromatic carbocycles. The molecule has 1 fully saturated rings. The van der Waals surface area contributed by atoms with Crippen LogP contribution in [0.4, 0.5) is 8.78 Å². The summed E-state index contributed by atoms with van der Waals surface area (Å²) < 4.78 is 26.7. The van der Waals surface area contributed by atoms with Crippen molar-refractivity contribution in [3.8, 4) is 10.6 Å². The van der Waals surface area contributed by atoms with Gasteiger partial charge in [0.1, 0.15) is 9.88 Å². The lowest BCUT2D eigenvalue weighted by atomic mass is 10.2. The van der Waals surface area contributed by atoms with E-state index in [1.807, 2.05) is 4.90 Å². The van der Waals surface area contributed by atoms with Gasteiger partial charge in [-0.05, 0) is 51.1 Å². The number of benzene rings is 1. The van der Waals surface area contributed by atoms with Crippen molar-refractivity contribution in [2.75, 3.05) is 32.7 Å². The van der Waals surface area contributed by atoms with Gasteiger partial charge in [0.05, 0.1) is 5.69 Å². The van der Waals surface area contributed by atoms with E-state index in [4.69, 9.17) is 0 Å². The summed E-state index contributed by atoms with van der Waals surface area (Å²) in [5.74, 6) is -1.82. The quantitative estimate of drug-likeness (QED) is 0.758. The van der Waals surface area contributed by atoms with Gasteiger partial charge < -0.3 is 9.80 Å². The van der Waals surface area contributed by atoms with Crippen molar-refractivity contribution in [3.63, 3.8) is 0 Å². The largest absolute Gasteiger partial charge is 0.337 e. The van der Waals surface area contributed by atoms with E-state index in [9.17, 15) is 13.6 Å². The molecule has 0 spiro atoms. The van der Waals surface area contributed by atoms with Crippen LogP contribution in [-0.2, 0) is 0 Å². The van der Waals surface area contributed by atoms with E-state index in [2.05, 4.69) is 16.8 Å². The van der Waals surface area contributed by atoms with Crippen LogP contribution in [0.3, 0.4) is 0 Å². The van der Waals surface area contributed by atoms with Crippen LogP contribution < -0.4 is 0 Å². The second-order valence-corrected chi connectivity index (χ2v) is 7.90. The zero-order chi connectivity index (χ0) is 19.4. The van der Waals surface area contributed by atoms with Gasteiger partial charge in [-0.1, -0.05) is 13.3 Å². The number of carbonyl (C=O) groups excluding carboxylic acids is 1. The monoisotopic (exact) mass is 393 g/mol. The number of thiazole rings is 1. The molecule has 0 aliphatic carbocycles. The number of aryl methyl sites for hydroxylation is 1. The number of hydrogen-bond acceptors (Lipinski definition) is 4. The molecule has 1 aliphatic rings. The van der Waals surface area contributed by atoms with Gasteiger partial charge in [-0.3, -0.25) is 4.79 Å². The Labute approximate surface area is 162 Å². The standard InChI is InChI=1S/C20H25F2N3OS/c1-3-4-8-24-9-5-10-25(12-11-24)20(26)18-14(2)23-19(27-18)15-6-7-16(21)17(22)13-15/h6-7,13H,3-5,8-12H2,1-2H3. The first-order valence-corrected chi connectivity index (χ1v) is 10.3. The molecule has 1 aliphatic heterocycles. The van der Waals surface area contributed by atoms with Crippen LogP contribution in [0.15, 0.2) is 18.2 Å². The van der Waals surface area contributed by atoms with Crippen LogP contribution in [0, 0.1) is 18.6 Å². The lowest BCUT2D eigenvalue weighted by Crippen LogP contribution is -2.35. The average Bonchev–Trinajstić information content (AvgIpc) is 2.89. The van der Waals surface area contributed by atoms with Crippen molar-refractivity contribution in [1.29, 1.82) is 0 Å². The highest BCUT2D eigenvalue weighted by atomic mass is 32.1. The summed E-state index contributed by atoms with van der Waals surface area (Å²) in [6.45, 7) is 8.41. The zero-order valence-corrected chi connectivity index (χ0v) is 16.6. The second kappa shape index (κ2) is 8.89. The van der Waals surface area contributed by atoms with E-state index in [1.165, 1.54) is 30.2 Å². The molecular weight excluding hydrogens is 368 g/mol. The van der Waals surface area contributed by atoms with Crippen LogP contribution in [0.25, 0.3) is 10.6 Å². The van der Waals surface area contributed by atoms with Gasteiger partial charge >= 0.3 is 0 Å². The number of halogens is 2. The van der Waals surface area contributed by atoms with E-state index in [1.54, 1.807) is 6.92 Å². The molecule has 3 rings (SSSR count). The first-order valence-electron chi connectivity index (χ1n) is 9.44. The first-order chi connectivity index (χ1) is 13.0. The molecular formula is C20H25F2N3OS. The topological polar surface area (TPSA) is 36.4 Å². The first kappa shape index (κ1) is 19.9. The third-order valence-corrected chi connectivity index (χ3v) is 6.06. The van der Waals surface area contributed by atoms with Crippen molar-refractivity contribution in [1.82, 2.24) is 14.8 Å². The third-order valence-electron chi connectivity index (χ3n) is 4.86. The SMILES string of the molecule is CCCCN1CCCN(C(=O)c2sc(-c3ccc(F)c(F)c3)nc2C)CC1. The molecule has 0 atom stereocenters. The van der Waals surface area contributed by atoms with Gasteiger partial charge in [-0.2, -0.15) is 0 Å². The van der Waals surface area contributed by atoms with Crippen LogP contribution in [0.1, 0.15) is 41.6 Å². The molecule has 146 valence electrons. The Bertz CT molecular complexity index is 809. The van der Waals surface area contributed by atoms with Gasteiger partial charge in [0, 0.05) is 25.2 Å². The minimum absolute atomic E-state index is 0.0174. The fourth-order valence-corrected chi connectivity index (χ4v) is 4.30. The Kier molecular flexibility index (Phi) is 6.55. The summed E-state index contributed by atoms with van der Waals surface area (Å²) in [4.78, 5) is 22.3. The maximum absolute atomic E-state index is 13.5. The molecule has 0 radical (unpaired) electrons. The molecule has 1 amide bonds. The summed E-state index contributed by atoms with van der Waals surface area (Å²) >= 11 is 1.25. The van der Waals surface area contributed by atoms with Crippen LogP contribution in [0.5, 0.6) is 0 Å². The van der Waals surface area contributed by atoms with Crippen LogP contribution in [0.2, 0.25) is 0 Å². The smallest absolute Gasteiger partial charge is 0.265 e. The second-order valence-electron chi connectivity index (χ2n) is 6.90.